The monoisotopic (exact) mass is 363 g/mol. The molecule has 1 N–H and O–H groups in total. The van der Waals surface area contributed by atoms with Crippen molar-refractivity contribution in [3.63, 3.8) is 0 Å². The van der Waals surface area contributed by atoms with E-state index in [0.29, 0.717) is 12.2 Å². The standard InChI is InChI=1S/C20H21N5O2/c1-14-4-6-15(7-5-14)19-18(3-2-12-27-19)22-20(26)16-8-10-17(11-9-16)25-13-21-23-24-25/h4-11,13,18-19H,2-3,12H2,1H3,(H,22,26)/t18-,19+/m1/s1. The topological polar surface area (TPSA) is 81.9 Å². The number of carbonyl (C=O) groups excluding carboxylic acids is 1. The summed E-state index contributed by atoms with van der Waals surface area (Å²) < 4.78 is 7.53. The van der Waals surface area contributed by atoms with Gasteiger partial charge in [0.2, 0.25) is 0 Å². The van der Waals surface area contributed by atoms with Crippen molar-refractivity contribution in [2.75, 3.05) is 6.61 Å². The molecule has 2 aromatic carbocycles. The molecule has 7 heteroatoms. The lowest BCUT2D eigenvalue weighted by atomic mass is 9.95. The Bertz CT molecular complexity index is 891. The Labute approximate surface area is 157 Å². The number of benzene rings is 2. The number of aromatic nitrogens is 4. The van der Waals surface area contributed by atoms with Crippen LogP contribution >= 0.6 is 0 Å². The molecule has 0 radical (unpaired) electrons. The second-order valence-electron chi connectivity index (χ2n) is 6.73. The van der Waals surface area contributed by atoms with Crippen LogP contribution in [0.15, 0.2) is 54.9 Å². The molecule has 0 spiro atoms. The van der Waals surface area contributed by atoms with E-state index in [1.54, 1.807) is 16.8 Å². The molecule has 1 aromatic heterocycles. The second-order valence-corrected chi connectivity index (χ2v) is 6.73. The number of nitrogens with one attached hydrogen (secondary N) is 1. The van der Waals surface area contributed by atoms with Crippen molar-refractivity contribution < 1.29 is 9.53 Å². The first kappa shape index (κ1) is 17.4. The Morgan fingerprint density at radius 3 is 2.63 bits per heavy atom. The lowest BCUT2D eigenvalue weighted by Crippen LogP contribution is -2.42. The maximum absolute atomic E-state index is 12.7. The lowest BCUT2D eigenvalue weighted by Gasteiger charge is -2.32. The highest BCUT2D eigenvalue weighted by molar-refractivity contribution is 5.94. The van der Waals surface area contributed by atoms with E-state index in [1.165, 1.54) is 11.9 Å². The number of rotatable bonds is 4. The summed E-state index contributed by atoms with van der Waals surface area (Å²) in [7, 11) is 0. The van der Waals surface area contributed by atoms with E-state index in [0.717, 1.165) is 24.1 Å². The number of tetrazole rings is 1. The van der Waals surface area contributed by atoms with Gasteiger partial charge in [-0.05, 0) is 60.0 Å². The molecule has 1 aliphatic heterocycles. The molecule has 7 nitrogen and oxygen atoms in total. The van der Waals surface area contributed by atoms with Crippen molar-refractivity contribution in [2.45, 2.75) is 31.9 Å². The fraction of sp³-hybridized carbons (Fsp3) is 0.300. The summed E-state index contributed by atoms with van der Waals surface area (Å²) in [4.78, 5) is 12.7. The summed E-state index contributed by atoms with van der Waals surface area (Å²) in [5, 5.41) is 14.2. The van der Waals surface area contributed by atoms with Crippen molar-refractivity contribution in [3.05, 3.63) is 71.5 Å². The third-order valence-electron chi connectivity index (χ3n) is 4.79. The number of aryl methyl sites for hydroxylation is 1. The van der Waals surface area contributed by atoms with Crippen LogP contribution in [0.2, 0.25) is 0 Å². The molecular formula is C20H21N5O2. The highest BCUT2D eigenvalue weighted by Gasteiger charge is 2.29. The minimum Gasteiger partial charge on any atom is -0.371 e. The van der Waals surface area contributed by atoms with Crippen LogP contribution < -0.4 is 5.32 Å². The molecule has 0 bridgehead atoms. The zero-order chi connectivity index (χ0) is 18.6. The zero-order valence-corrected chi connectivity index (χ0v) is 15.1. The van der Waals surface area contributed by atoms with E-state index in [9.17, 15) is 4.79 Å². The Balaban J connectivity index is 1.47. The molecule has 2 heterocycles. The van der Waals surface area contributed by atoms with E-state index < -0.39 is 0 Å². The van der Waals surface area contributed by atoms with E-state index in [-0.39, 0.29) is 18.1 Å². The second kappa shape index (κ2) is 7.67. The van der Waals surface area contributed by atoms with Crippen LogP contribution in [0.25, 0.3) is 5.69 Å². The summed E-state index contributed by atoms with van der Waals surface area (Å²) in [6.07, 6.45) is 3.22. The van der Waals surface area contributed by atoms with E-state index in [1.807, 2.05) is 12.1 Å². The fourth-order valence-electron chi connectivity index (χ4n) is 3.31. The van der Waals surface area contributed by atoms with Crippen LogP contribution in [0.4, 0.5) is 0 Å². The van der Waals surface area contributed by atoms with Gasteiger partial charge in [-0.3, -0.25) is 4.79 Å². The van der Waals surface area contributed by atoms with Crippen LogP contribution in [0.5, 0.6) is 0 Å². The number of amides is 1. The molecule has 1 amide bonds. The van der Waals surface area contributed by atoms with Crippen molar-refractivity contribution in [2.24, 2.45) is 0 Å². The van der Waals surface area contributed by atoms with Crippen LogP contribution in [0.1, 0.15) is 40.4 Å². The Morgan fingerprint density at radius 1 is 1.15 bits per heavy atom. The maximum Gasteiger partial charge on any atom is 0.251 e. The molecular weight excluding hydrogens is 342 g/mol. The Morgan fingerprint density at radius 2 is 1.93 bits per heavy atom. The Hall–Kier alpha value is -3.06. The Kier molecular flexibility index (Phi) is 4.93. The zero-order valence-electron chi connectivity index (χ0n) is 15.1. The number of hydrogen-bond acceptors (Lipinski definition) is 5. The van der Waals surface area contributed by atoms with Gasteiger partial charge in [0, 0.05) is 12.2 Å². The maximum atomic E-state index is 12.7. The summed E-state index contributed by atoms with van der Waals surface area (Å²) in [6.45, 7) is 2.77. The van der Waals surface area contributed by atoms with Gasteiger partial charge in [0.25, 0.3) is 5.91 Å². The predicted octanol–water partition coefficient (Wildman–Crippen LogP) is 2.62. The van der Waals surface area contributed by atoms with Crippen molar-refractivity contribution in [3.8, 4) is 5.69 Å². The number of ether oxygens (including phenoxy) is 1. The van der Waals surface area contributed by atoms with Gasteiger partial charge in [0.1, 0.15) is 12.4 Å². The first-order valence-corrected chi connectivity index (χ1v) is 9.03. The van der Waals surface area contributed by atoms with Crippen molar-refractivity contribution >= 4 is 5.91 Å². The SMILES string of the molecule is Cc1ccc([C@@H]2OCCC[C@H]2NC(=O)c2ccc(-n3cnnn3)cc2)cc1. The molecule has 1 saturated heterocycles. The average molecular weight is 363 g/mol. The van der Waals surface area contributed by atoms with Gasteiger partial charge in [-0.2, -0.15) is 0 Å². The molecule has 4 rings (SSSR count). The van der Waals surface area contributed by atoms with E-state index in [4.69, 9.17) is 4.74 Å². The third-order valence-corrected chi connectivity index (χ3v) is 4.79. The number of nitrogens with zero attached hydrogens (tertiary/aromatic N) is 4. The quantitative estimate of drug-likeness (QED) is 0.770. The van der Waals surface area contributed by atoms with Gasteiger partial charge in [0.15, 0.2) is 0 Å². The van der Waals surface area contributed by atoms with Crippen LogP contribution in [-0.4, -0.2) is 38.8 Å². The molecule has 3 aromatic rings. The fourth-order valence-corrected chi connectivity index (χ4v) is 3.31. The van der Waals surface area contributed by atoms with E-state index >= 15 is 0 Å². The molecule has 2 atom stereocenters. The molecule has 0 saturated carbocycles. The predicted molar refractivity (Wildman–Crippen MR) is 99.5 cm³/mol. The summed E-state index contributed by atoms with van der Waals surface area (Å²) in [5.74, 6) is -0.106. The molecule has 1 fully saturated rings. The lowest BCUT2D eigenvalue weighted by molar-refractivity contribution is -0.00946. The van der Waals surface area contributed by atoms with Gasteiger partial charge in [-0.25, -0.2) is 4.68 Å². The van der Waals surface area contributed by atoms with Crippen molar-refractivity contribution in [1.82, 2.24) is 25.5 Å². The highest BCUT2D eigenvalue weighted by atomic mass is 16.5. The molecule has 0 aliphatic carbocycles. The third kappa shape index (κ3) is 3.88. The number of carbonyl (C=O) groups is 1. The van der Waals surface area contributed by atoms with Gasteiger partial charge < -0.3 is 10.1 Å². The van der Waals surface area contributed by atoms with Gasteiger partial charge >= 0.3 is 0 Å². The normalized spacial score (nSPS) is 19.6. The summed E-state index contributed by atoms with van der Waals surface area (Å²) in [5.41, 5.74) is 3.70. The average Bonchev–Trinajstić information content (AvgIpc) is 3.24. The smallest absolute Gasteiger partial charge is 0.251 e. The van der Waals surface area contributed by atoms with Crippen LogP contribution in [-0.2, 0) is 4.74 Å². The molecule has 1 aliphatic rings. The molecule has 0 unspecified atom stereocenters. The van der Waals surface area contributed by atoms with E-state index in [2.05, 4.69) is 52.0 Å². The minimum atomic E-state index is -0.121. The summed E-state index contributed by atoms with van der Waals surface area (Å²) in [6, 6.07) is 15.4. The van der Waals surface area contributed by atoms with Crippen LogP contribution in [0, 0.1) is 6.92 Å². The van der Waals surface area contributed by atoms with Gasteiger partial charge in [-0.15, -0.1) is 5.10 Å². The first-order valence-electron chi connectivity index (χ1n) is 9.03. The number of hydrogen-bond donors (Lipinski definition) is 1. The largest absolute Gasteiger partial charge is 0.371 e. The summed E-state index contributed by atoms with van der Waals surface area (Å²) >= 11 is 0. The van der Waals surface area contributed by atoms with Crippen molar-refractivity contribution in [1.29, 1.82) is 0 Å². The highest BCUT2D eigenvalue weighted by Crippen LogP contribution is 2.29. The minimum absolute atomic E-state index is 0.0480. The molecule has 138 valence electrons. The van der Waals surface area contributed by atoms with Gasteiger partial charge in [0.05, 0.1) is 11.7 Å². The van der Waals surface area contributed by atoms with Gasteiger partial charge in [-0.1, -0.05) is 29.8 Å². The molecule has 27 heavy (non-hydrogen) atoms. The van der Waals surface area contributed by atoms with Crippen LogP contribution in [0.3, 0.4) is 0 Å². The first-order chi connectivity index (χ1) is 13.2.